The summed E-state index contributed by atoms with van der Waals surface area (Å²) in [5.74, 6) is -0.317. The minimum Gasteiger partial charge on any atom is -0.463 e. The number of hydrogen-bond acceptors (Lipinski definition) is 10. The summed E-state index contributed by atoms with van der Waals surface area (Å²) in [6.45, 7) is 19.8. The molecule has 3 saturated heterocycles. The minimum atomic E-state index is -1.40. The first kappa shape index (κ1) is 37.3. The maximum Gasteiger partial charge on any atom is 0.319 e. The van der Waals surface area contributed by atoms with E-state index in [1.54, 1.807) is 27.9 Å². The Kier molecular flexibility index (Phi) is 12.9. The molecule has 0 aromatic rings. The number of rotatable bonds is 8. The molecule has 3 aliphatic rings. The number of aliphatic hydroxyl groups is 1. The van der Waals surface area contributed by atoms with Crippen molar-refractivity contribution in [1.82, 2.24) is 14.7 Å². The molecule has 0 aromatic heterocycles. The molecule has 256 valence electrons. The SMILES string of the molecule is CO[C@]1(C)C[C@@H](C)CN(C)[C@H](C2CN(CCC(C)C)C2)COC(=O)C(C)(C)C(=O)[C@H](C)[C@H]1O[C@@H]1O[C@H](C)C[C@H](N(C)C)[C@H]1O. The van der Waals surface area contributed by atoms with Crippen molar-refractivity contribution in [2.24, 2.45) is 29.1 Å². The fourth-order valence-electron chi connectivity index (χ4n) is 7.54. The van der Waals surface area contributed by atoms with Gasteiger partial charge < -0.3 is 33.9 Å². The fraction of sp³-hybridized carbons (Fsp3) is 0.941. The number of ether oxygens (including phenoxy) is 4. The van der Waals surface area contributed by atoms with Crippen molar-refractivity contribution in [3.05, 3.63) is 0 Å². The molecular weight excluding hydrogens is 562 g/mol. The van der Waals surface area contributed by atoms with Crippen LogP contribution in [0.3, 0.4) is 0 Å². The molecule has 0 bridgehead atoms. The van der Waals surface area contributed by atoms with Crippen LogP contribution in [0.15, 0.2) is 0 Å². The molecule has 10 nitrogen and oxygen atoms in total. The molecular formula is C34H63N3O7. The Morgan fingerprint density at radius 2 is 1.73 bits per heavy atom. The summed E-state index contributed by atoms with van der Waals surface area (Å²) in [6.07, 6.45) is -0.359. The van der Waals surface area contributed by atoms with Crippen molar-refractivity contribution in [3.8, 4) is 0 Å². The van der Waals surface area contributed by atoms with Gasteiger partial charge in [0.1, 0.15) is 18.1 Å². The van der Waals surface area contributed by atoms with Crippen molar-refractivity contribution < 1.29 is 33.6 Å². The number of likely N-dealkylation sites (tertiary alicyclic amines) is 1. The molecule has 3 heterocycles. The third kappa shape index (κ3) is 8.60. The highest BCUT2D eigenvalue weighted by Crippen LogP contribution is 2.38. The van der Waals surface area contributed by atoms with Gasteiger partial charge in [-0.05, 0) is 86.5 Å². The van der Waals surface area contributed by atoms with E-state index in [9.17, 15) is 14.7 Å². The van der Waals surface area contributed by atoms with E-state index < -0.39 is 41.4 Å². The summed E-state index contributed by atoms with van der Waals surface area (Å²) >= 11 is 0. The number of carbonyl (C=O) groups is 2. The summed E-state index contributed by atoms with van der Waals surface area (Å²) in [4.78, 5) is 34.6. The number of esters is 1. The average molecular weight is 626 g/mol. The summed E-state index contributed by atoms with van der Waals surface area (Å²) in [7, 11) is 7.62. The van der Waals surface area contributed by atoms with Gasteiger partial charge in [0.2, 0.25) is 0 Å². The van der Waals surface area contributed by atoms with Crippen molar-refractivity contribution in [1.29, 1.82) is 0 Å². The standard InChI is InChI=1S/C34H63N3O7/c1-21(2)13-14-37-18-25(19-37)27-20-42-32(40)33(6,7)29(39)24(5)30(34(8,41-12)16-22(3)17-36(27)11)44-31-28(38)26(35(9)10)15-23(4)43-31/h21-28,30-31,38H,13-20H2,1-12H3/t22-,23-,24+,26+,27+,28-,30-,31+,34-/m1/s1. The number of methoxy groups -OCH3 is 1. The number of hydrogen-bond donors (Lipinski definition) is 1. The highest BCUT2D eigenvalue weighted by molar-refractivity contribution is 6.04. The first-order valence-electron chi connectivity index (χ1n) is 16.8. The first-order valence-corrected chi connectivity index (χ1v) is 16.8. The molecule has 3 rings (SSSR count). The van der Waals surface area contributed by atoms with Crippen LogP contribution in [0.1, 0.15) is 74.7 Å². The number of likely N-dealkylation sites (N-methyl/N-ethyl adjacent to an activating group) is 2. The van der Waals surface area contributed by atoms with E-state index in [4.69, 9.17) is 18.9 Å². The van der Waals surface area contributed by atoms with Crippen LogP contribution < -0.4 is 0 Å². The van der Waals surface area contributed by atoms with Crippen molar-refractivity contribution in [2.45, 2.75) is 117 Å². The van der Waals surface area contributed by atoms with E-state index in [1.165, 1.54) is 6.42 Å². The molecule has 0 saturated carbocycles. The van der Waals surface area contributed by atoms with Gasteiger partial charge in [0.05, 0.1) is 17.8 Å². The molecule has 0 aromatic carbocycles. The topological polar surface area (TPSA) is 101 Å². The fourth-order valence-corrected chi connectivity index (χ4v) is 7.54. The smallest absolute Gasteiger partial charge is 0.319 e. The van der Waals surface area contributed by atoms with Gasteiger partial charge in [-0.1, -0.05) is 27.7 Å². The Morgan fingerprint density at radius 1 is 1.09 bits per heavy atom. The van der Waals surface area contributed by atoms with E-state index in [-0.39, 0.29) is 36.5 Å². The van der Waals surface area contributed by atoms with Gasteiger partial charge in [-0.2, -0.15) is 0 Å². The second-order valence-corrected chi connectivity index (χ2v) is 15.5. The molecule has 44 heavy (non-hydrogen) atoms. The van der Waals surface area contributed by atoms with Crippen molar-refractivity contribution in [3.63, 3.8) is 0 Å². The summed E-state index contributed by atoms with van der Waals surface area (Å²) in [5.41, 5.74) is -2.30. The Morgan fingerprint density at radius 3 is 2.30 bits per heavy atom. The highest BCUT2D eigenvalue weighted by Gasteiger charge is 2.52. The predicted molar refractivity (Wildman–Crippen MR) is 171 cm³/mol. The molecule has 3 fully saturated rings. The van der Waals surface area contributed by atoms with Crippen molar-refractivity contribution in [2.75, 3.05) is 61.0 Å². The lowest BCUT2D eigenvalue weighted by atomic mass is 9.74. The third-order valence-electron chi connectivity index (χ3n) is 10.5. The van der Waals surface area contributed by atoms with Crippen LogP contribution in [0.4, 0.5) is 0 Å². The zero-order chi connectivity index (χ0) is 33.1. The molecule has 1 N–H and O–H groups in total. The highest BCUT2D eigenvalue weighted by atomic mass is 16.7. The zero-order valence-electron chi connectivity index (χ0n) is 29.7. The van der Waals surface area contributed by atoms with E-state index in [0.717, 1.165) is 26.2 Å². The van der Waals surface area contributed by atoms with Crippen LogP contribution in [0.25, 0.3) is 0 Å². The molecule has 3 aliphatic heterocycles. The normalized spacial score (nSPS) is 39.0. The zero-order valence-corrected chi connectivity index (χ0v) is 29.7. The van der Waals surface area contributed by atoms with E-state index >= 15 is 0 Å². The average Bonchev–Trinajstić information content (AvgIpc) is 2.91. The Balaban J connectivity index is 1.91. The second-order valence-electron chi connectivity index (χ2n) is 15.5. The van der Waals surface area contributed by atoms with Crippen LogP contribution in [0, 0.1) is 29.1 Å². The molecule has 0 spiro atoms. The van der Waals surface area contributed by atoms with Crippen LogP contribution in [-0.2, 0) is 28.5 Å². The maximum atomic E-state index is 14.2. The molecule has 0 amide bonds. The van der Waals surface area contributed by atoms with Crippen LogP contribution in [0.5, 0.6) is 0 Å². The van der Waals surface area contributed by atoms with E-state index in [2.05, 4.69) is 37.6 Å². The van der Waals surface area contributed by atoms with Gasteiger partial charge in [0.15, 0.2) is 12.1 Å². The monoisotopic (exact) mass is 625 g/mol. The molecule has 0 aliphatic carbocycles. The third-order valence-corrected chi connectivity index (χ3v) is 10.5. The molecule has 10 heteroatoms. The van der Waals surface area contributed by atoms with Gasteiger partial charge in [-0.15, -0.1) is 0 Å². The quantitative estimate of drug-likeness (QED) is 0.320. The van der Waals surface area contributed by atoms with Gasteiger partial charge in [0, 0.05) is 50.7 Å². The minimum absolute atomic E-state index is 0.0527. The largest absolute Gasteiger partial charge is 0.463 e. The number of ketones is 1. The Hall–Kier alpha value is -1.14. The number of aliphatic hydroxyl groups excluding tert-OH is 1. The molecule has 0 radical (unpaired) electrons. The van der Waals surface area contributed by atoms with Crippen LogP contribution >= 0.6 is 0 Å². The lowest BCUT2D eigenvalue weighted by molar-refractivity contribution is -0.295. The summed E-state index contributed by atoms with van der Waals surface area (Å²) in [5, 5.41) is 11.3. The number of Topliss-reactive ketones (excluding diaryl/α,β-unsaturated/α-hetero) is 1. The van der Waals surface area contributed by atoms with Crippen LogP contribution in [0.2, 0.25) is 0 Å². The number of nitrogens with zero attached hydrogens (tertiary/aromatic N) is 3. The first-order chi connectivity index (χ1) is 20.4. The Bertz CT molecular complexity index is 955. The number of cyclic esters (lactones) is 1. The summed E-state index contributed by atoms with van der Waals surface area (Å²) in [6, 6.07) is -0.112. The molecule has 9 atom stereocenters. The van der Waals surface area contributed by atoms with E-state index in [1.807, 2.05) is 32.8 Å². The lowest BCUT2D eigenvalue weighted by Gasteiger charge is -2.47. The van der Waals surface area contributed by atoms with Crippen LogP contribution in [-0.4, -0.2) is 135 Å². The lowest BCUT2D eigenvalue weighted by Crippen LogP contribution is -2.59. The summed E-state index contributed by atoms with van der Waals surface area (Å²) < 4.78 is 25.0. The van der Waals surface area contributed by atoms with E-state index in [0.29, 0.717) is 24.7 Å². The van der Waals surface area contributed by atoms with Gasteiger partial charge >= 0.3 is 5.97 Å². The Labute approximate surface area is 267 Å². The van der Waals surface area contributed by atoms with Gasteiger partial charge in [0.25, 0.3) is 0 Å². The van der Waals surface area contributed by atoms with Gasteiger partial charge in [-0.3, -0.25) is 14.5 Å². The second kappa shape index (κ2) is 15.2. The number of carbonyl (C=O) groups excluding carboxylic acids is 2. The maximum absolute atomic E-state index is 14.2. The van der Waals surface area contributed by atoms with Crippen molar-refractivity contribution >= 4 is 11.8 Å². The molecule has 0 unspecified atom stereocenters. The predicted octanol–water partition coefficient (Wildman–Crippen LogP) is 3.30. The van der Waals surface area contributed by atoms with Gasteiger partial charge in [-0.25, -0.2) is 0 Å².